The lowest BCUT2D eigenvalue weighted by molar-refractivity contribution is 0.102. The number of pyridine rings is 1. The zero-order valence-corrected chi connectivity index (χ0v) is 13.5. The minimum atomic E-state index is -0.279. The van der Waals surface area contributed by atoms with Crippen LogP contribution in [0, 0.1) is 0 Å². The van der Waals surface area contributed by atoms with Crippen molar-refractivity contribution in [2.45, 2.75) is 0 Å². The number of carbonyl (C=O) groups excluding carboxylic acids is 1. The van der Waals surface area contributed by atoms with E-state index in [0.717, 1.165) is 0 Å². The molecule has 22 heavy (non-hydrogen) atoms. The molecule has 110 valence electrons. The highest BCUT2D eigenvalue weighted by Gasteiger charge is 2.12. The Morgan fingerprint density at radius 2 is 1.95 bits per heavy atom. The number of benzene rings is 2. The van der Waals surface area contributed by atoms with Gasteiger partial charge >= 0.3 is 0 Å². The summed E-state index contributed by atoms with van der Waals surface area (Å²) in [5, 5.41) is 4.26. The number of halogens is 2. The van der Waals surface area contributed by atoms with Gasteiger partial charge in [-0.3, -0.25) is 9.59 Å². The number of H-pyrrole nitrogens is 1. The molecular formula is C16H10BrClN2O2. The number of aromatic amines is 1. The maximum atomic E-state index is 12.3. The lowest BCUT2D eigenvalue weighted by atomic mass is 10.1. The van der Waals surface area contributed by atoms with Crippen LogP contribution in [-0.2, 0) is 0 Å². The quantitative estimate of drug-likeness (QED) is 0.703. The average molecular weight is 378 g/mol. The Labute approximate surface area is 139 Å². The second-order valence-electron chi connectivity index (χ2n) is 4.66. The molecule has 0 radical (unpaired) electrons. The first-order chi connectivity index (χ1) is 10.6. The number of aromatic nitrogens is 1. The van der Waals surface area contributed by atoms with Crippen molar-refractivity contribution in [3.05, 3.63) is 74.1 Å². The largest absolute Gasteiger partial charge is 0.329 e. The Kier molecular flexibility index (Phi) is 4.00. The van der Waals surface area contributed by atoms with E-state index in [-0.39, 0.29) is 11.5 Å². The second-order valence-corrected chi connectivity index (χ2v) is 5.92. The fourth-order valence-corrected chi connectivity index (χ4v) is 2.82. The van der Waals surface area contributed by atoms with Crippen LogP contribution in [0.3, 0.4) is 0 Å². The van der Waals surface area contributed by atoms with Crippen molar-refractivity contribution in [2.75, 3.05) is 5.32 Å². The molecule has 0 aliphatic rings. The van der Waals surface area contributed by atoms with Crippen molar-refractivity contribution in [1.29, 1.82) is 0 Å². The molecule has 1 heterocycles. The Hall–Kier alpha value is -2.11. The predicted molar refractivity (Wildman–Crippen MR) is 91.7 cm³/mol. The van der Waals surface area contributed by atoms with Gasteiger partial charge < -0.3 is 10.3 Å². The Bertz CT molecular complexity index is 937. The van der Waals surface area contributed by atoms with Gasteiger partial charge in [-0.05, 0) is 51.6 Å². The number of amides is 1. The molecule has 0 saturated carbocycles. The van der Waals surface area contributed by atoms with E-state index < -0.39 is 0 Å². The molecule has 4 nitrogen and oxygen atoms in total. The van der Waals surface area contributed by atoms with Gasteiger partial charge in [0.1, 0.15) is 0 Å². The number of rotatable bonds is 2. The topological polar surface area (TPSA) is 62.0 Å². The van der Waals surface area contributed by atoms with Gasteiger partial charge in [-0.1, -0.05) is 23.7 Å². The molecule has 0 saturated heterocycles. The lowest BCUT2D eigenvalue weighted by Gasteiger charge is -2.09. The number of carbonyl (C=O) groups is 1. The van der Waals surface area contributed by atoms with Crippen LogP contribution in [0.5, 0.6) is 0 Å². The summed E-state index contributed by atoms with van der Waals surface area (Å²) in [4.78, 5) is 26.6. The summed E-state index contributed by atoms with van der Waals surface area (Å²) in [5.41, 5.74) is 0.744. The third kappa shape index (κ3) is 2.77. The fraction of sp³-hybridized carbons (Fsp3) is 0. The molecule has 1 amide bonds. The van der Waals surface area contributed by atoms with Gasteiger partial charge in [0.15, 0.2) is 0 Å². The minimum absolute atomic E-state index is 0.219. The van der Waals surface area contributed by atoms with Crippen molar-refractivity contribution in [1.82, 2.24) is 4.98 Å². The summed E-state index contributed by atoms with van der Waals surface area (Å²) >= 11 is 9.51. The van der Waals surface area contributed by atoms with E-state index in [4.69, 9.17) is 11.6 Å². The maximum absolute atomic E-state index is 12.3. The summed E-state index contributed by atoms with van der Waals surface area (Å²) in [7, 11) is 0. The second kappa shape index (κ2) is 5.94. The number of hydrogen-bond acceptors (Lipinski definition) is 2. The highest BCUT2D eigenvalue weighted by molar-refractivity contribution is 9.10. The highest BCUT2D eigenvalue weighted by atomic mass is 79.9. The smallest absolute Gasteiger partial charge is 0.256 e. The third-order valence-corrected chi connectivity index (χ3v) is 4.23. The SMILES string of the molecule is O=C(Nc1cc2cc[nH]c(=O)c2cc1Cl)c1ccccc1Br. The van der Waals surface area contributed by atoms with E-state index >= 15 is 0 Å². The molecule has 3 aromatic rings. The highest BCUT2D eigenvalue weighted by Crippen LogP contribution is 2.27. The van der Waals surface area contributed by atoms with Gasteiger partial charge in [-0.2, -0.15) is 0 Å². The molecule has 0 fully saturated rings. The number of hydrogen-bond donors (Lipinski definition) is 2. The van der Waals surface area contributed by atoms with Gasteiger partial charge in [0.05, 0.1) is 16.3 Å². The molecule has 1 aromatic heterocycles. The third-order valence-electron chi connectivity index (χ3n) is 3.23. The Morgan fingerprint density at radius 3 is 2.73 bits per heavy atom. The average Bonchev–Trinajstić information content (AvgIpc) is 2.49. The van der Waals surface area contributed by atoms with Gasteiger partial charge in [0.2, 0.25) is 0 Å². The number of anilines is 1. The van der Waals surface area contributed by atoms with E-state index in [1.807, 2.05) is 6.07 Å². The Balaban J connectivity index is 2.01. The summed E-state index contributed by atoms with van der Waals surface area (Å²) in [6, 6.07) is 12.1. The summed E-state index contributed by atoms with van der Waals surface area (Å²) < 4.78 is 0.695. The van der Waals surface area contributed by atoms with E-state index in [2.05, 4.69) is 26.2 Å². The van der Waals surface area contributed by atoms with Crippen LogP contribution in [0.4, 0.5) is 5.69 Å². The predicted octanol–water partition coefficient (Wildman–Crippen LogP) is 4.20. The first-order valence-corrected chi connectivity index (χ1v) is 7.60. The normalized spacial score (nSPS) is 10.6. The van der Waals surface area contributed by atoms with E-state index in [1.165, 1.54) is 0 Å². The van der Waals surface area contributed by atoms with Crippen LogP contribution in [0.2, 0.25) is 5.02 Å². The molecule has 2 N–H and O–H groups in total. The van der Waals surface area contributed by atoms with E-state index in [0.29, 0.717) is 31.5 Å². The summed E-state index contributed by atoms with van der Waals surface area (Å²) in [5.74, 6) is -0.279. The van der Waals surface area contributed by atoms with Crippen molar-refractivity contribution in [3.63, 3.8) is 0 Å². The molecule has 3 rings (SSSR count). The summed E-state index contributed by atoms with van der Waals surface area (Å²) in [6.07, 6.45) is 1.55. The first kappa shape index (κ1) is 14.8. The molecule has 2 aromatic carbocycles. The number of fused-ring (bicyclic) bond motifs is 1. The van der Waals surface area contributed by atoms with Crippen molar-refractivity contribution in [3.8, 4) is 0 Å². The van der Waals surface area contributed by atoms with Gasteiger partial charge in [0.25, 0.3) is 11.5 Å². The van der Waals surface area contributed by atoms with Crippen LogP contribution >= 0.6 is 27.5 Å². The van der Waals surface area contributed by atoms with Crippen molar-refractivity contribution in [2.24, 2.45) is 0 Å². The van der Waals surface area contributed by atoms with Gasteiger partial charge in [0, 0.05) is 16.1 Å². The van der Waals surface area contributed by atoms with Crippen LogP contribution in [-0.4, -0.2) is 10.9 Å². The van der Waals surface area contributed by atoms with E-state index in [9.17, 15) is 9.59 Å². The van der Waals surface area contributed by atoms with Crippen molar-refractivity contribution < 1.29 is 4.79 Å². The molecule has 0 bridgehead atoms. The van der Waals surface area contributed by atoms with Crippen molar-refractivity contribution >= 4 is 49.9 Å². The van der Waals surface area contributed by atoms with E-state index in [1.54, 1.807) is 42.6 Å². The van der Waals surface area contributed by atoms with Crippen LogP contribution in [0.15, 0.2) is 57.9 Å². The monoisotopic (exact) mass is 376 g/mol. The zero-order chi connectivity index (χ0) is 15.7. The first-order valence-electron chi connectivity index (χ1n) is 6.43. The Morgan fingerprint density at radius 1 is 1.18 bits per heavy atom. The van der Waals surface area contributed by atoms with Crippen LogP contribution in [0.1, 0.15) is 10.4 Å². The molecule has 0 aliphatic carbocycles. The molecule has 0 unspecified atom stereocenters. The molecule has 6 heteroatoms. The fourth-order valence-electron chi connectivity index (χ4n) is 2.14. The molecule has 0 aliphatic heterocycles. The van der Waals surface area contributed by atoms with Crippen LogP contribution < -0.4 is 10.9 Å². The molecule has 0 spiro atoms. The maximum Gasteiger partial charge on any atom is 0.256 e. The van der Waals surface area contributed by atoms with Gasteiger partial charge in [-0.25, -0.2) is 0 Å². The lowest BCUT2D eigenvalue weighted by Crippen LogP contribution is -2.13. The molecular weight excluding hydrogens is 368 g/mol. The van der Waals surface area contributed by atoms with Crippen LogP contribution in [0.25, 0.3) is 10.8 Å². The zero-order valence-electron chi connectivity index (χ0n) is 11.2. The number of nitrogens with one attached hydrogen (secondary N) is 2. The standard InChI is InChI=1S/C16H10BrClN2O2/c17-12-4-2-1-3-10(12)16(22)20-14-7-9-5-6-19-15(21)11(9)8-13(14)18/h1-8H,(H,19,21)(H,20,22). The van der Waals surface area contributed by atoms with Gasteiger partial charge in [-0.15, -0.1) is 0 Å². The molecule has 0 atom stereocenters. The minimum Gasteiger partial charge on any atom is -0.329 e. The summed E-state index contributed by atoms with van der Waals surface area (Å²) in [6.45, 7) is 0.